The molecule has 0 aliphatic carbocycles. The van der Waals surface area contributed by atoms with Gasteiger partial charge in [0.25, 0.3) is 5.89 Å². The molecule has 108 valence electrons. The van der Waals surface area contributed by atoms with Crippen LogP contribution in [0, 0.1) is 6.92 Å². The van der Waals surface area contributed by atoms with Crippen molar-refractivity contribution >= 4 is 23.1 Å². The molecule has 3 aromatic rings. The van der Waals surface area contributed by atoms with Gasteiger partial charge in [0.2, 0.25) is 0 Å². The lowest BCUT2D eigenvalue weighted by Crippen LogP contribution is -1.94. The van der Waals surface area contributed by atoms with Gasteiger partial charge < -0.3 is 10.3 Å². The molecule has 0 fully saturated rings. The summed E-state index contributed by atoms with van der Waals surface area (Å²) in [5.74, 6) is 1.88. The molecule has 0 aliphatic heterocycles. The topological polar surface area (TPSA) is 77.8 Å². The second-order valence-corrected chi connectivity index (χ2v) is 6.48. The second-order valence-electron chi connectivity index (χ2n) is 4.34. The largest absolute Gasteiger partial charge is 0.333 e. The number of nitrogens with two attached hydrogens (primary N) is 1. The number of rotatable bonds is 5. The van der Waals surface area contributed by atoms with Crippen LogP contribution in [-0.2, 0) is 12.3 Å². The third kappa shape index (κ3) is 3.31. The van der Waals surface area contributed by atoms with Crippen LogP contribution in [0.1, 0.15) is 16.5 Å². The first kappa shape index (κ1) is 14.2. The molecule has 0 saturated heterocycles. The molecule has 0 amide bonds. The van der Waals surface area contributed by atoms with E-state index in [0.29, 0.717) is 24.0 Å². The van der Waals surface area contributed by atoms with E-state index in [0.717, 1.165) is 15.6 Å². The summed E-state index contributed by atoms with van der Waals surface area (Å²) in [4.78, 5) is 10.9. The van der Waals surface area contributed by atoms with E-state index in [1.54, 1.807) is 11.8 Å². The predicted octanol–water partition coefficient (Wildman–Crippen LogP) is 3.25. The highest BCUT2D eigenvalue weighted by Crippen LogP contribution is 2.29. The van der Waals surface area contributed by atoms with Crippen LogP contribution in [0.3, 0.4) is 0 Å². The zero-order chi connectivity index (χ0) is 14.7. The fraction of sp³-hybridized carbons (Fsp3) is 0.214. The number of nitrogens with zero attached hydrogens (tertiary/aromatic N) is 3. The summed E-state index contributed by atoms with van der Waals surface area (Å²) in [5.41, 5.74) is 6.49. The number of aryl methyl sites for hydroxylation is 1. The molecule has 2 N–H and O–H groups in total. The maximum absolute atomic E-state index is 5.61. The number of aromatic nitrogens is 3. The molecule has 3 rings (SSSR count). The lowest BCUT2D eigenvalue weighted by Gasteiger charge is -1.96. The number of thiazole rings is 1. The Kier molecular flexibility index (Phi) is 4.33. The number of benzene rings is 1. The Morgan fingerprint density at radius 3 is 2.76 bits per heavy atom. The first-order chi connectivity index (χ1) is 10.3. The number of thioether (sulfide) groups is 1. The minimum atomic E-state index is 0.427. The lowest BCUT2D eigenvalue weighted by atomic mass is 10.4. The molecule has 2 aromatic heterocycles. The third-order valence-electron chi connectivity index (χ3n) is 2.79. The van der Waals surface area contributed by atoms with E-state index in [1.807, 2.05) is 25.1 Å². The fourth-order valence-corrected chi connectivity index (χ4v) is 3.44. The summed E-state index contributed by atoms with van der Waals surface area (Å²) in [5, 5.41) is 4.90. The second kappa shape index (κ2) is 6.38. The third-order valence-corrected chi connectivity index (χ3v) is 4.96. The van der Waals surface area contributed by atoms with Gasteiger partial charge in [-0.2, -0.15) is 4.98 Å². The maximum Gasteiger partial charge on any atom is 0.269 e. The van der Waals surface area contributed by atoms with Crippen LogP contribution in [-0.4, -0.2) is 15.1 Å². The highest BCUT2D eigenvalue weighted by molar-refractivity contribution is 7.98. The highest BCUT2D eigenvalue weighted by Gasteiger charge is 2.15. The average molecular weight is 318 g/mol. The van der Waals surface area contributed by atoms with Gasteiger partial charge in [0.1, 0.15) is 9.88 Å². The van der Waals surface area contributed by atoms with Crippen molar-refractivity contribution in [1.82, 2.24) is 15.1 Å². The Balaban J connectivity index is 1.72. The minimum Gasteiger partial charge on any atom is -0.333 e. The van der Waals surface area contributed by atoms with Gasteiger partial charge in [-0.25, -0.2) is 4.98 Å². The molecule has 7 heteroatoms. The number of hydrogen-bond donors (Lipinski definition) is 1. The van der Waals surface area contributed by atoms with Crippen molar-refractivity contribution in [3.63, 3.8) is 0 Å². The zero-order valence-electron chi connectivity index (χ0n) is 11.4. The molecule has 2 heterocycles. The van der Waals surface area contributed by atoms with Crippen molar-refractivity contribution in [3.05, 3.63) is 46.9 Å². The lowest BCUT2D eigenvalue weighted by molar-refractivity contribution is 0.425. The molecule has 0 unspecified atom stereocenters. The number of hydrogen-bond acceptors (Lipinski definition) is 7. The normalized spacial score (nSPS) is 11.0. The van der Waals surface area contributed by atoms with E-state index in [4.69, 9.17) is 10.3 Å². The first-order valence-electron chi connectivity index (χ1n) is 6.43. The summed E-state index contributed by atoms with van der Waals surface area (Å²) < 4.78 is 5.33. The Labute approximate surface area is 130 Å². The van der Waals surface area contributed by atoms with Crippen molar-refractivity contribution in [2.45, 2.75) is 24.1 Å². The van der Waals surface area contributed by atoms with E-state index in [-0.39, 0.29) is 0 Å². The molecule has 0 radical (unpaired) electrons. The van der Waals surface area contributed by atoms with Crippen molar-refractivity contribution in [2.75, 3.05) is 0 Å². The SMILES string of the molecule is Cc1nc(CN)sc1-c1nc(CSc2ccccc2)no1. The van der Waals surface area contributed by atoms with Crippen LogP contribution in [0.15, 0.2) is 39.8 Å². The average Bonchev–Trinajstić information content (AvgIpc) is 3.12. The van der Waals surface area contributed by atoms with Crippen LogP contribution in [0.4, 0.5) is 0 Å². The van der Waals surface area contributed by atoms with E-state index in [2.05, 4.69) is 27.3 Å². The van der Waals surface area contributed by atoms with Crippen LogP contribution in [0.2, 0.25) is 0 Å². The molecular formula is C14H14N4OS2. The quantitative estimate of drug-likeness (QED) is 0.728. The maximum atomic E-state index is 5.61. The monoisotopic (exact) mass is 318 g/mol. The van der Waals surface area contributed by atoms with E-state index >= 15 is 0 Å². The van der Waals surface area contributed by atoms with Gasteiger partial charge in [-0.3, -0.25) is 0 Å². The fourth-order valence-electron chi connectivity index (χ4n) is 1.81. The smallest absolute Gasteiger partial charge is 0.269 e. The predicted molar refractivity (Wildman–Crippen MR) is 84.0 cm³/mol. The molecule has 0 bridgehead atoms. The van der Waals surface area contributed by atoms with E-state index < -0.39 is 0 Å². The molecule has 21 heavy (non-hydrogen) atoms. The molecular weight excluding hydrogens is 304 g/mol. The summed E-state index contributed by atoms with van der Waals surface area (Å²) in [7, 11) is 0. The van der Waals surface area contributed by atoms with Gasteiger partial charge in [-0.05, 0) is 19.1 Å². The molecule has 0 saturated carbocycles. The van der Waals surface area contributed by atoms with Crippen LogP contribution < -0.4 is 5.73 Å². The molecule has 5 nitrogen and oxygen atoms in total. The van der Waals surface area contributed by atoms with Crippen LogP contribution in [0.5, 0.6) is 0 Å². The summed E-state index contributed by atoms with van der Waals surface area (Å²) in [6.07, 6.45) is 0. The van der Waals surface area contributed by atoms with Gasteiger partial charge in [0.15, 0.2) is 5.82 Å². The Bertz CT molecular complexity index is 724. The Morgan fingerprint density at radius 1 is 1.24 bits per heavy atom. The minimum absolute atomic E-state index is 0.427. The molecule has 1 aromatic carbocycles. The molecule has 0 aliphatic rings. The van der Waals surface area contributed by atoms with Crippen LogP contribution >= 0.6 is 23.1 Å². The standard InChI is InChI=1S/C14H14N4OS2/c1-9-13(21-12(7-15)16-9)14-17-11(18-19-14)8-20-10-5-3-2-4-6-10/h2-6H,7-8,15H2,1H3. The van der Waals surface area contributed by atoms with Gasteiger partial charge >= 0.3 is 0 Å². The van der Waals surface area contributed by atoms with Gasteiger partial charge in [0.05, 0.1) is 11.4 Å². The Morgan fingerprint density at radius 2 is 2.05 bits per heavy atom. The van der Waals surface area contributed by atoms with Gasteiger partial charge in [0, 0.05) is 11.4 Å². The molecule has 0 spiro atoms. The molecule has 0 atom stereocenters. The Hall–Kier alpha value is -1.70. The van der Waals surface area contributed by atoms with E-state index in [9.17, 15) is 0 Å². The summed E-state index contributed by atoms with van der Waals surface area (Å²) in [6.45, 7) is 2.35. The van der Waals surface area contributed by atoms with Gasteiger partial charge in [-0.15, -0.1) is 23.1 Å². The van der Waals surface area contributed by atoms with E-state index in [1.165, 1.54) is 16.2 Å². The van der Waals surface area contributed by atoms with Gasteiger partial charge in [-0.1, -0.05) is 23.4 Å². The first-order valence-corrected chi connectivity index (χ1v) is 8.23. The van der Waals surface area contributed by atoms with Crippen molar-refractivity contribution in [3.8, 4) is 10.8 Å². The van der Waals surface area contributed by atoms with Crippen molar-refractivity contribution in [1.29, 1.82) is 0 Å². The summed E-state index contributed by atoms with van der Waals surface area (Å²) >= 11 is 3.18. The van der Waals surface area contributed by atoms with Crippen molar-refractivity contribution < 1.29 is 4.52 Å². The van der Waals surface area contributed by atoms with Crippen LogP contribution in [0.25, 0.3) is 10.8 Å². The summed E-state index contributed by atoms with van der Waals surface area (Å²) in [6, 6.07) is 10.1. The van der Waals surface area contributed by atoms with Crippen molar-refractivity contribution in [2.24, 2.45) is 5.73 Å². The zero-order valence-corrected chi connectivity index (χ0v) is 13.1. The highest BCUT2D eigenvalue weighted by atomic mass is 32.2.